The van der Waals surface area contributed by atoms with E-state index in [2.05, 4.69) is 27.7 Å². The van der Waals surface area contributed by atoms with Gasteiger partial charge in [0.25, 0.3) is 0 Å². The second kappa shape index (κ2) is 7.31. The van der Waals surface area contributed by atoms with Gasteiger partial charge in [-0.05, 0) is 118 Å². The van der Waals surface area contributed by atoms with Crippen LogP contribution in [0.4, 0.5) is 0 Å². The molecule has 0 aliphatic heterocycles. The molecule has 2 heteroatoms. The molecule has 9 atom stereocenters. The van der Waals surface area contributed by atoms with Gasteiger partial charge in [-0.3, -0.25) is 0 Å². The van der Waals surface area contributed by atoms with Crippen LogP contribution < -0.4 is 0 Å². The van der Waals surface area contributed by atoms with Crippen LogP contribution in [-0.2, 0) is 4.74 Å². The van der Waals surface area contributed by atoms with Crippen molar-refractivity contribution in [3.8, 4) is 0 Å². The van der Waals surface area contributed by atoms with Crippen molar-refractivity contribution in [1.82, 2.24) is 0 Å². The third-order valence-electron chi connectivity index (χ3n) is 9.97. The van der Waals surface area contributed by atoms with Gasteiger partial charge in [0, 0.05) is 0 Å². The number of rotatable bonds is 4. The van der Waals surface area contributed by atoms with Crippen LogP contribution in [0.3, 0.4) is 0 Å². The molecule has 156 valence electrons. The predicted molar refractivity (Wildman–Crippen MR) is 111 cm³/mol. The highest BCUT2D eigenvalue weighted by Crippen LogP contribution is 2.68. The lowest BCUT2D eigenvalue weighted by Gasteiger charge is -2.62. The average molecular weight is 377 g/mol. The van der Waals surface area contributed by atoms with Gasteiger partial charge in [-0.25, -0.2) is 0 Å². The lowest BCUT2D eigenvalue weighted by atomic mass is 9.44. The minimum absolute atomic E-state index is 0.137. The van der Waals surface area contributed by atoms with Crippen molar-refractivity contribution < 1.29 is 9.84 Å². The van der Waals surface area contributed by atoms with Crippen LogP contribution in [0, 0.1) is 46.3 Å². The zero-order valence-electron chi connectivity index (χ0n) is 18.5. The van der Waals surface area contributed by atoms with Gasteiger partial charge >= 0.3 is 0 Å². The number of ether oxygens (including phenoxy) is 1. The summed E-state index contributed by atoms with van der Waals surface area (Å²) in [7, 11) is 0. The molecule has 0 amide bonds. The standard InChI is InChI=1S/C25H44O2/c1-16(2)27-15-25-13-10-17(3)14-19(25)6-7-20-22-9-8-21(18(4)26)24(22,5)12-11-23(20)25/h16-23,26H,6-15H2,1-5H3. The van der Waals surface area contributed by atoms with Gasteiger partial charge in [0.05, 0.1) is 18.8 Å². The van der Waals surface area contributed by atoms with Gasteiger partial charge in [0.15, 0.2) is 0 Å². The SMILES string of the molecule is CC1CCC2(COC(C)C)C(CCC3C4CCC(C(C)O)C4(C)CCC32)C1. The molecular formula is C25H44O2. The Balaban J connectivity index is 1.62. The fourth-order valence-corrected chi connectivity index (χ4v) is 8.70. The minimum Gasteiger partial charge on any atom is -0.393 e. The Hall–Kier alpha value is -0.0800. The van der Waals surface area contributed by atoms with Crippen molar-refractivity contribution in [2.24, 2.45) is 46.3 Å². The molecule has 0 spiro atoms. The highest BCUT2D eigenvalue weighted by atomic mass is 16.5. The number of aliphatic hydroxyl groups is 1. The van der Waals surface area contributed by atoms with Crippen molar-refractivity contribution in [3.05, 3.63) is 0 Å². The first-order chi connectivity index (χ1) is 12.8. The van der Waals surface area contributed by atoms with Crippen LogP contribution in [0.5, 0.6) is 0 Å². The Morgan fingerprint density at radius 3 is 2.44 bits per heavy atom. The molecule has 9 unspecified atom stereocenters. The molecule has 4 saturated carbocycles. The van der Waals surface area contributed by atoms with E-state index < -0.39 is 0 Å². The van der Waals surface area contributed by atoms with Gasteiger partial charge < -0.3 is 9.84 Å². The van der Waals surface area contributed by atoms with Crippen LogP contribution in [0.1, 0.15) is 92.4 Å². The third kappa shape index (κ3) is 3.21. The van der Waals surface area contributed by atoms with E-state index in [0.717, 1.165) is 36.2 Å². The molecule has 4 rings (SSSR count). The van der Waals surface area contributed by atoms with E-state index in [1.165, 1.54) is 57.8 Å². The number of aliphatic hydroxyl groups excluding tert-OH is 1. The smallest absolute Gasteiger partial charge is 0.0545 e. The van der Waals surface area contributed by atoms with Crippen molar-refractivity contribution in [2.45, 2.75) is 105 Å². The first-order valence-corrected chi connectivity index (χ1v) is 12.1. The Kier molecular flexibility index (Phi) is 5.47. The van der Waals surface area contributed by atoms with Crippen LogP contribution in [0.25, 0.3) is 0 Å². The van der Waals surface area contributed by atoms with Crippen molar-refractivity contribution in [2.75, 3.05) is 6.61 Å². The molecule has 4 aliphatic carbocycles. The lowest BCUT2D eigenvalue weighted by molar-refractivity contribution is -0.164. The van der Waals surface area contributed by atoms with Crippen LogP contribution in [-0.4, -0.2) is 23.9 Å². The molecule has 0 aromatic carbocycles. The van der Waals surface area contributed by atoms with Gasteiger partial charge in [-0.15, -0.1) is 0 Å². The summed E-state index contributed by atoms with van der Waals surface area (Å²) in [6, 6.07) is 0. The van der Waals surface area contributed by atoms with Crippen molar-refractivity contribution in [3.63, 3.8) is 0 Å². The maximum absolute atomic E-state index is 10.4. The summed E-state index contributed by atoms with van der Waals surface area (Å²) in [6.07, 6.45) is 12.6. The molecule has 0 heterocycles. The molecular weight excluding hydrogens is 332 g/mol. The largest absolute Gasteiger partial charge is 0.393 e. The second-order valence-corrected chi connectivity index (χ2v) is 11.6. The van der Waals surface area contributed by atoms with Crippen LogP contribution >= 0.6 is 0 Å². The van der Waals surface area contributed by atoms with E-state index in [9.17, 15) is 5.11 Å². The van der Waals surface area contributed by atoms with E-state index in [-0.39, 0.29) is 6.10 Å². The molecule has 0 radical (unpaired) electrons. The molecule has 0 saturated heterocycles. The van der Waals surface area contributed by atoms with E-state index in [1.807, 2.05) is 6.92 Å². The van der Waals surface area contributed by atoms with Crippen LogP contribution in [0.2, 0.25) is 0 Å². The predicted octanol–water partition coefficient (Wildman–Crippen LogP) is 6.07. The Bertz CT molecular complexity index is 528. The molecule has 4 fully saturated rings. The summed E-state index contributed by atoms with van der Waals surface area (Å²) in [5.74, 6) is 4.90. The van der Waals surface area contributed by atoms with Crippen molar-refractivity contribution in [1.29, 1.82) is 0 Å². The van der Waals surface area contributed by atoms with E-state index in [1.54, 1.807) is 0 Å². The molecule has 27 heavy (non-hydrogen) atoms. The molecule has 0 aromatic rings. The Morgan fingerprint density at radius 2 is 1.74 bits per heavy atom. The first-order valence-electron chi connectivity index (χ1n) is 12.1. The molecule has 0 bridgehead atoms. The Labute approximate surface area is 167 Å². The molecule has 4 aliphatic rings. The van der Waals surface area contributed by atoms with Gasteiger partial charge in [0.1, 0.15) is 0 Å². The summed E-state index contributed by atoms with van der Waals surface area (Å²) in [4.78, 5) is 0. The summed E-state index contributed by atoms with van der Waals surface area (Å²) in [5.41, 5.74) is 0.828. The van der Waals surface area contributed by atoms with Gasteiger partial charge in [-0.1, -0.05) is 20.3 Å². The zero-order chi connectivity index (χ0) is 19.4. The third-order valence-corrected chi connectivity index (χ3v) is 9.97. The molecule has 1 N–H and O–H groups in total. The first kappa shape index (κ1) is 20.2. The molecule has 2 nitrogen and oxygen atoms in total. The maximum atomic E-state index is 10.4. The lowest BCUT2D eigenvalue weighted by Crippen LogP contribution is -2.56. The quantitative estimate of drug-likeness (QED) is 0.645. The molecule has 0 aromatic heterocycles. The van der Waals surface area contributed by atoms with Crippen LogP contribution in [0.15, 0.2) is 0 Å². The Morgan fingerprint density at radius 1 is 0.963 bits per heavy atom. The van der Waals surface area contributed by atoms with Gasteiger partial charge in [-0.2, -0.15) is 0 Å². The highest BCUT2D eigenvalue weighted by Gasteiger charge is 2.61. The fourth-order valence-electron chi connectivity index (χ4n) is 8.70. The summed E-state index contributed by atoms with van der Waals surface area (Å²) in [5, 5.41) is 10.4. The van der Waals surface area contributed by atoms with E-state index in [4.69, 9.17) is 4.74 Å². The monoisotopic (exact) mass is 376 g/mol. The summed E-state index contributed by atoms with van der Waals surface area (Å²) in [6.45, 7) is 12.5. The zero-order valence-corrected chi connectivity index (χ0v) is 18.5. The normalized spacial score (nSPS) is 50.8. The summed E-state index contributed by atoms with van der Waals surface area (Å²) < 4.78 is 6.38. The average Bonchev–Trinajstić information content (AvgIpc) is 2.97. The van der Waals surface area contributed by atoms with Crippen molar-refractivity contribution >= 4 is 0 Å². The minimum atomic E-state index is -0.137. The number of fused-ring (bicyclic) bond motifs is 5. The maximum Gasteiger partial charge on any atom is 0.0545 e. The van der Waals surface area contributed by atoms with E-state index in [0.29, 0.717) is 22.9 Å². The number of hydrogen-bond donors (Lipinski definition) is 1. The van der Waals surface area contributed by atoms with E-state index >= 15 is 0 Å². The van der Waals surface area contributed by atoms with Gasteiger partial charge in [0.2, 0.25) is 0 Å². The summed E-state index contributed by atoms with van der Waals surface area (Å²) >= 11 is 0. The second-order valence-electron chi connectivity index (χ2n) is 11.6. The highest BCUT2D eigenvalue weighted by molar-refractivity contribution is 5.10. The fraction of sp³-hybridized carbons (Fsp3) is 1.00. The number of hydrogen-bond acceptors (Lipinski definition) is 2. The topological polar surface area (TPSA) is 29.5 Å².